The normalized spacial score (nSPS) is 21.9. The highest BCUT2D eigenvalue weighted by molar-refractivity contribution is 5.76. The Labute approximate surface area is 104 Å². The number of likely N-dealkylation sites (tertiary alicyclic amines) is 1. The van der Waals surface area contributed by atoms with E-state index in [0.717, 1.165) is 12.8 Å². The molecule has 7 heteroatoms. The molecule has 4 nitrogen and oxygen atoms in total. The summed E-state index contributed by atoms with van der Waals surface area (Å²) in [4.78, 5) is 12.7. The van der Waals surface area contributed by atoms with Crippen molar-refractivity contribution in [1.29, 1.82) is 0 Å². The van der Waals surface area contributed by atoms with Gasteiger partial charge in [0.2, 0.25) is 5.91 Å². The van der Waals surface area contributed by atoms with E-state index in [-0.39, 0.29) is 12.5 Å². The molecule has 1 heterocycles. The first-order valence-corrected chi connectivity index (χ1v) is 6.07. The van der Waals surface area contributed by atoms with Gasteiger partial charge in [0, 0.05) is 19.6 Å². The van der Waals surface area contributed by atoms with E-state index >= 15 is 0 Å². The number of nitrogens with zero attached hydrogens (tertiary/aromatic N) is 1. The molecule has 0 radical (unpaired) electrons. The van der Waals surface area contributed by atoms with Crippen LogP contribution in [0.5, 0.6) is 0 Å². The quantitative estimate of drug-likeness (QED) is 0.774. The summed E-state index contributed by atoms with van der Waals surface area (Å²) in [5.41, 5.74) is 0. The SMILES string of the molecule is O=C(CO)NC[C@H]1CCCN(CCC(F)(F)F)C1. The van der Waals surface area contributed by atoms with Gasteiger partial charge in [0.1, 0.15) is 6.61 Å². The Morgan fingerprint density at radius 3 is 2.78 bits per heavy atom. The van der Waals surface area contributed by atoms with Gasteiger partial charge in [0.25, 0.3) is 0 Å². The van der Waals surface area contributed by atoms with E-state index in [1.54, 1.807) is 4.90 Å². The molecular weight excluding hydrogens is 249 g/mol. The molecule has 0 aromatic heterocycles. The number of aliphatic hydroxyl groups is 1. The van der Waals surface area contributed by atoms with E-state index in [2.05, 4.69) is 5.32 Å². The predicted octanol–water partition coefficient (Wildman–Crippen LogP) is 0.759. The molecule has 1 atom stereocenters. The van der Waals surface area contributed by atoms with Gasteiger partial charge >= 0.3 is 6.18 Å². The van der Waals surface area contributed by atoms with Gasteiger partial charge in [0.05, 0.1) is 6.42 Å². The van der Waals surface area contributed by atoms with Crippen molar-refractivity contribution >= 4 is 5.91 Å². The summed E-state index contributed by atoms with van der Waals surface area (Å²) >= 11 is 0. The molecule has 18 heavy (non-hydrogen) atoms. The number of nitrogens with one attached hydrogen (secondary N) is 1. The van der Waals surface area contributed by atoms with Crippen LogP contribution in [0.1, 0.15) is 19.3 Å². The number of amides is 1. The Morgan fingerprint density at radius 1 is 1.44 bits per heavy atom. The summed E-state index contributed by atoms with van der Waals surface area (Å²) < 4.78 is 36.3. The third-order valence-corrected chi connectivity index (χ3v) is 3.05. The highest BCUT2D eigenvalue weighted by Crippen LogP contribution is 2.22. The van der Waals surface area contributed by atoms with Crippen LogP contribution in [0.3, 0.4) is 0 Å². The van der Waals surface area contributed by atoms with E-state index in [1.807, 2.05) is 0 Å². The molecule has 0 saturated carbocycles. The molecule has 1 rings (SSSR count). The minimum atomic E-state index is -4.11. The van der Waals surface area contributed by atoms with Crippen LogP contribution in [0.2, 0.25) is 0 Å². The maximum Gasteiger partial charge on any atom is 0.390 e. The first-order valence-electron chi connectivity index (χ1n) is 6.07. The minimum Gasteiger partial charge on any atom is -0.387 e. The lowest BCUT2D eigenvalue weighted by Gasteiger charge is -2.32. The molecule has 0 bridgehead atoms. The standard InChI is InChI=1S/C11H19F3N2O2/c12-11(13,14)3-5-16-4-1-2-9(7-16)6-15-10(18)8-17/h9,17H,1-8H2,(H,15,18)/t9-/m1/s1. The van der Waals surface area contributed by atoms with Crippen LogP contribution in [-0.2, 0) is 4.79 Å². The number of rotatable bonds is 5. The third kappa shape index (κ3) is 6.20. The van der Waals surface area contributed by atoms with Crippen LogP contribution < -0.4 is 5.32 Å². The molecule has 0 aromatic carbocycles. The van der Waals surface area contributed by atoms with Gasteiger partial charge in [-0.3, -0.25) is 4.79 Å². The lowest BCUT2D eigenvalue weighted by Crippen LogP contribution is -2.42. The van der Waals surface area contributed by atoms with Crippen molar-refractivity contribution < 1.29 is 23.1 Å². The summed E-state index contributed by atoms with van der Waals surface area (Å²) in [5, 5.41) is 11.1. The van der Waals surface area contributed by atoms with Gasteiger partial charge in [-0.25, -0.2) is 0 Å². The molecule has 1 amide bonds. The highest BCUT2D eigenvalue weighted by atomic mass is 19.4. The van der Waals surface area contributed by atoms with Crippen molar-refractivity contribution in [3.63, 3.8) is 0 Å². The van der Waals surface area contributed by atoms with Gasteiger partial charge in [0.15, 0.2) is 0 Å². The Hall–Kier alpha value is -0.820. The van der Waals surface area contributed by atoms with Gasteiger partial charge in [-0.15, -0.1) is 0 Å². The number of piperidine rings is 1. The third-order valence-electron chi connectivity index (χ3n) is 3.05. The zero-order valence-corrected chi connectivity index (χ0v) is 10.2. The summed E-state index contributed by atoms with van der Waals surface area (Å²) in [6, 6.07) is 0. The smallest absolute Gasteiger partial charge is 0.387 e. The molecule has 106 valence electrons. The molecule has 0 spiro atoms. The number of halogens is 3. The second-order valence-corrected chi connectivity index (χ2v) is 4.64. The highest BCUT2D eigenvalue weighted by Gasteiger charge is 2.29. The molecule has 1 fully saturated rings. The maximum absolute atomic E-state index is 12.1. The van der Waals surface area contributed by atoms with Gasteiger partial charge < -0.3 is 15.3 Å². The number of hydrogen-bond acceptors (Lipinski definition) is 3. The number of carbonyl (C=O) groups is 1. The van der Waals surface area contributed by atoms with Crippen molar-refractivity contribution in [3.8, 4) is 0 Å². The van der Waals surface area contributed by atoms with E-state index in [9.17, 15) is 18.0 Å². The van der Waals surface area contributed by atoms with E-state index in [0.29, 0.717) is 19.6 Å². The molecular formula is C11H19F3N2O2. The van der Waals surface area contributed by atoms with Crippen LogP contribution in [0.25, 0.3) is 0 Å². The summed E-state index contributed by atoms with van der Waals surface area (Å²) in [5.74, 6) is -0.273. The molecule has 0 aliphatic carbocycles. The van der Waals surface area contributed by atoms with Crippen LogP contribution in [-0.4, -0.2) is 54.9 Å². The van der Waals surface area contributed by atoms with Gasteiger partial charge in [-0.2, -0.15) is 13.2 Å². The van der Waals surface area contributed by atoms with E-state index in [4.69, 9.17) is 5.11 Å². The number of aliphatic hydroxyl groups excluding tert-OH is 1. The molecule has 0 unspecified atom stereocenters. The van der Waals surface area contributed by atoms with Crippen LogP contribution >= 0.6 is 0 Å². The Bertz CT molecular complexity index is 272. The second kappa shape index (κ2) is 6.94. The summed E-state index contributed by atoms with van der Waals surface area (Å²) in [6.07, 6.45) is -3.16. The largest absolute Gasteiger partial charge is 0.390 e. The molecule has 0 aromatic rings. The van der Waals surface area contributed by atoms with E-state index < -0.39 is 25.1 Å². The Morgan fingerprint density at radius 2 is 2.17 bits per heavy atom. The average molecular weight is 268 g/mol. The molecule has 1 saturated heterocycles. The Balaban J connectivity index is 2.26. The zero-order chi connectivity index (χ0) is 13.6. The van der Waals surface area contributed by atoms with Gasteiger partial charge in [-0.1, -0.05) is 0 Å². The summed E-state index contributed by atoms with van der Waals surface area (Å²) in [6.45, 7) is 1.14. The van der Waals surface area contributed by atoms with Crippen molar-refractivity contribution in [2.45, 2.75) is 25.4 Å². The minimum absolute atomic E-state index is 0.0218. The zero-order valence-electron chi connectivity index (χ0n) is 10.2. The van der Waals surface area contributed by atoms with Crippen molar-refractivity contribution in [3.05, 3.63) is 0 Å². The lowest BCUT2D eigenvalue weighted by atomic mass is 9.98. The predicted molar refractivity (Wildman–Crippen MR) is 59.9 cm³/mol. The fourth-order valence-electron chi connectivity index (χ4n) is 2.12. The van der Waals surface area contributed by atoms with Crippen LogP contribution in [0, 0.1) is 5.92 Å². The first-order chi connectivity index (χ1) is 8.40. The summed E-state index contributed by atoms with van der Waals surface area (Å²) in [7, 11) is 0. The lowest BCUT2D eigenvalue weighted by molar-refractivity contribution is -0.138. The number of carbonyl (C=O) groups excluding carboxylic acids is 1. The number of hydrogen-bond donors (Lipinski definition) is 2. The fourth-order valence-corrected chi connectivity index (χ4v) is 2.12. The first kappa shape index (κ1) is 15.2. The van der Waals surface area contributed by atoms with Crippen molar-refractivity contribution in [1.82, 2.24) is 10.2 Å². The van der Waals surface area contributed by atoms with Crippen LogP contribution in [0.15, 0.2) is 0 Å². The average Bonchev–Trinajstić information content (AvgIpc) is 2.33. The van der Waals surface area contributed by atoms with Crippen molar-refractivity contribution in [2.75, 3.05) is 32.8 Å². The molecule has 1 aliphatic heterocycles. The molecule has 1 aliphatic rings. The second-order valence-electron chi connectivity index (χ2n) is 4.64. The van der Waals surface area contributed by atoms with Crippen LogP contribution in [0.4, 0.5) is 13.2 Å². The van der Waals surface area contributed by atoms with E-state index in [1.165, 1.54) is 0 Å². The van der Waals surface area contributed by atoms with Gasteiger partial charge in [-0.05, 0) is 25.3 Å². The molecule has 2 N–H and O–H groups in total. The fraction of sp³-hybridized carbons (Fsp3) is 0.909. The van der Waals surface area contributed by atoms with Crippen molar-refractivity contribution in [2.24, 2.45) is 5.92 Å². The topological polar surface area (TPSA) is 52.6 Å². The Kier molecular flexibility index (Phi) is 5.87. The number of alkyl halides is 3. The maximum atomic E-state index is 12.1. The monoisotopic (exact) mass is 268 g/mol.